The van der Waals surface area contributed by atoms with Gasteiger partial charge in [-0.1, -0.05) is 0 Å². The maximum atomic E-state index is 5.58. The highest BCUT2D eigenvalue weighted by Crippen LogP contribution is 2.26. The van der Waals surface area contributed by atoms with Crippen molar-refractivity contribution in [1.29, 1.82) is 0 Å². The third kappa shape index (κ3) is 3.22. The number of halogens is 1. The van der Waals surface area contributed by atoms with Crippen LogP contribution in [0.2, 0.25) is 0 Å². The molecule has 0 N–H and O–H groups in total. The molecule has 2 atom stereocenters. The summed E-state index contributed by atoms with van der Waals surface area (Å²) in [5.41, 5.74) is 0. The number of rotatable bonds is 4. The number of hydrogen-bond acceptors (Lipinski definition) is 2. The topological polar surface area (TPSA) is 9.23 Å². The minimum atomic E-state index is 0.454. The fourth-order valence-corrected chi connectivity index (χ4v) is 2.74. The van der Waals surface area contributed by atoms with Gasteiger partial charge in [0, 0.05) is 17.7 Å². The van der Waals surface area contributed by atoms with E-state index in [0.29, 0.717) is 6.10 Å². The molecule has 3 heteroatoms. The van der Waals surface area contributed by atoms with Gasteiger partial charge in [-0.2, -0.15) is 11.8 Å². The van der Waals surface area contributed by atoms with Gasteiger partial charge in [-0.25, -0.2) is 0 Å². The number of hydrogen-bond donors (Lipinski definition) is 0. The molecule has 1 saturated heterocycles. The molecule has 0 aromatic carbocycles. The van der Waals surface area contributed by atoms with Crippen molar-refractivity contribution in [3.63, 3.8) is 0 Å². The molecule has 66 valence electrons. The van der Waals surface area contributed by atoms with Gasteiger partial charge < -0.3 is 4.74 Å². The molecule has 1 fully saturated rings. The van der Waals surface area contributed by atoms with Gasteiger partial charge >= 0.3 is 0 Å². The van der Waals surface area contributed by atoms with E-state index >= 15 is 0 Å². The Morgan fingerprint density at radius 3 is 3.00 bits per heavy atom. The predicted octanol–water partition coefficient (Wildman–Crippen LogP) is 2.53. The molecule has 1 rings (SSSR count). The molecular weight excluding hydrogens is 180 g/mol. The average molecular weight is 195 g/mol. The molecule has 11 heavy (non-hydrogen) atoms. The van der Waals surface area contributed by atoms with Crippen LogP contribution in [0, 0.1) is 0 Å². The van der Waals surface area contributed by atoms with E-state index < -0.39 is 0 Å². The zero-order valence-electron chi connectivity index (χ0n) is 6.88. The molecule has 1 heterocycles. The largest absolute Gasteiger partial charge is 0.377 e. The zero-order valence-corrected chi connectivity index (χ0v) is 8.46. The Bertz CT molecular complexity index is 110. The summed E-state index contributed by atoms with van der Waals surface area (Å²) in [5.74, 6) is 1.97. The van der Waals surface area contributed by atoms with Gasteiger partial charge in [0.1, 0.15) is 0 Å². The lowest BCUT2D eigenvalue weighted by Gasteiger charge is -2.12. The fourth-order valence-electron chi connectivity index (χ4n) is 1.22. The van der Waals surface area contributed by atoms with Gasteiger partial charge in [-0.3, -0.25) is 0 Å². The highest BCUT2D eigenvalue weighted by atomic mass is 35.5. The third-order valence-electron chi connectivity index (χ3n) is 1.92. The van der Waals surface area contributed by atoms with E-state index in [9.17, 15) is 0 Å². The highest BCUT2D eigenvalue weighted by molar-refractivity contribution is 7.99. The van der Waals surface area contributed by atoms with Gasteiger partial charge in [0.15, 0.2) is 0 Å². The van der Waals surface area contributed by atoms with Crippen LogP contribution in [0.4, 0.5) is 0 Å². The van der Waals surface area contributed by atoms with Crippen LogP contribution in [0.25, 0.3) is 0 Å². The lowest BCUT2D eigenvalue weighted by atomic mass is 10.3. The van der Waals surface area contributed by atoms with E-state index in [2.05, 4.69) is 6.92 Å². The first kappa shape index (κ1) is 9.69. The Morgan fingerprint density at radius 2 is 2.45 bits per heavy atom. The SMILES string of the molecule is CC1OCCC1SCCCCl. The molecular formula is C8H15ClOS. The predicted molar refractivity (Wildman–Crippen MR) is 51.6 cm³/mol. The van der Waals surface area contributed by atoms with Gasteiger partial charge in [0.2, 0.25) is 0 Å². The molecule has 0 spiro atoms. The summed E-state index contributed by atoms with van der Waals surface area (Å²) >= 11 is 7.59. The van der Waals surface area contributed by atoms with Crippen LogP contribution in [0.5, 0.6) is 0 Å². The smallest absolute Gasteiger partial charge is 0.0666 e. The number of thioether (sulfide) groups is 1. The second-order valence-corrected chi connectivity index (χ2v) is 4.54. The van der Waals surface area contributed by atoms with Crippen LogP contribution in [-0.2, 0) is 4.74 Å². The van der Waals surface area contributed by atoms with Crippen LogP contribution in [-0.4, -0.2) is 29.6 Å². The molecule has 0 amide bonds. The molecule has 1 nitrogen and oxygen atoms in total. The van der Waals surface area contributed by atoms with Crippen LogP contribution in [0.1, 0.15) is 19.8 Å². The molecule has 0 aliphatic carbocycles. The third-order valence-corrected chi connectivity index (χ3v) is 3.76. The molecule has 0 saturated carbocycles. The van der Waals surface area contributed by atoms with E-state index in [-0.39, 0.29) is 0 Å². The van der Waals surface area contributed by atoms with Crippen LogP contribution in [0.3, 0.4) is 0 Å². The highest BCUT2D eigenvalue weighted by Gasteiger charge is 2.23. The monoisotopic (exact) mass is 194 g/mol. The molecule has 0 aromatic heterocycles. The minimum Gasteiger partial charge on any atom is -0.377 e. The van der Waals surface area contributed by atoms with E-state index in [1.54, 1.807) is 0 Å². The Kier molecular flexibility index (Phi) is 4.65. The van der Waals surface area contributed by atoms with Crippen molar-refractivity contribution in [3.05, 3.63) is 0 Å². The summed E-state index contributed by atoms with van der Waals surface area (Å²) in [6.45, 7) is 3.10. The molecule has 1 aliphatic rings. The first-order valence-corrected chi connectivity index (χ1v) is 5.72. The van der Waals surface area contributed by atoms with Gasteiger partial charge in [0.25, 0.3) is 0 Å². The molecule has 2 unspecified atom stereocenters. The summed E-state index contributed by atoms with van der Waals surface area (Å²) in [4.78, 5) is 0. The van der Waals surface area contributed by atoms with E-state index in [4.69, 9.17) is 16.3 Å². The van der Waals surface area contributed by atoms with Gasteiger partial charge in [-0.05, 0) is 25.5 Å². The first-order valence-electron chi connectivity index (χ1n) is 4.13. The maximum absolute atomic E-state index is 5.58. The van der Waals surface area contributed by atoms with E-state index in [0.717, 1.165) is 24.2 Å². The summed E-state index contributed by atoms with van der Waals surface area (Å²) in [7, 11) is 0. The van der Waals surface area contributed by atoms with Crippen LogP contribution < -0.4 is 0 Å². The standard InChI is InChI=1S/C8H15ClOS/c1-7-8(3-5-10-7)11-6-2-4-9/h7-8H,2-6H2,1H3. The normalized spacial score (nSPS) is 31.1. The Balaban J connectivity index is 2.05. The van der Waals surface area contributed by atoms with Crippen molar-refractivity contribution in [2.45, 2.75) is 31.1 Å². The average Bonchev–Trinajstić information content (AvgIpc) is 2.37. The molecule has 0 radical (unpaired) electrons. The zero-order chi connectivity index (χ0) is 8.10. The van der Waals surface area contributed by atoms with Crippen molar-refractivity contribution in [2.24, 2.45) is 0 Å². The van der Waals surface area contributed by atoms with Crippen LogP contribution >= 0.6 is 23.4 Å². The molecule has 0 aromatic rings. The summed E-state index contributed by atoms with van der Waals surface area (Å²) in [5, 5.41) is 0.721. The van der Waals surface area contributed by atoms with Crippen molar-refractivity contribution < 1.29 is 4.74 Å². The number of ether oxygens (including phenoxy) is 1. The summed E-state index contributed by atoms with van der Waals surface area (Å²) < 4.78 is 5.44. The maximum Gasteiger partial charge on any atom is 0.0666 e. The summed E-state index contributed by atoms with van der Waals surface area (Å²) in [6, 6.07) is 0. The lowest BCUT2D eigenvalue weighted by molar-refractivity contribution is 0.127. The Hall–Kier alpha value is 0.600. The Labute approximate surface area is 77.8 Å². The van der Waals surface area contributed by atoms with Gasteiger partial charge in [-0.15, -0.1) is 11.6 Å². The minimum absolute atomic E-state index is 0.454. The second kappa shape index (κ2) is 5.28. The molecule has 0 bridgehead atoms. The first-order chi connectivity index (χ1) is 5.34. The fraction of sp³-hybridized carbons (Fsp3) is 1.00. The van der Waals surface area contributed by atoms with E-state index in [1.165, 1.54) is 12.2 Å². The van der Waals surface area contributed by atoms with Crippen molar-refractivity contribution in [1.82, 2.24) is 0 Å². The Morgan fingerprint density at radius 1 is 1.64 bits per heavy atom. The second-order valence-electron chi connectivity index (χ2n) is 2.82. The van der Waals surface area contributed by atoms with E-state index in [1.807, 2.05) is 11.8 Å². The summed E-state index contributed by atoms with van der Waals surface area (Å²) in [6.07, 6.45) is 2.79. The van der Waals surface area contributed by atoms with Gasteiger partial charge in [0.05, 0.1) is 6.10 Å². The lowest BCUT2D eigenvalue weighted by Crippen LogP contribution is -2.13. The number of alkyl halides is 1. The quantitative estimate of drug-likeness (QED) is 0.503. The molecule has 1 aliphatic heterocycles. The van der Waals surface area contributed by atoms with Crippen molar-refractivity contribution in [2.75, 3.05) is 18.2 Å². The van der Waals surface area contributed by atoms with Crippen molar-refractivity contribution in [3.8, 4) is 0 Å². The van der Waals surface area contributed by atoms with Crippen molar-refractivity contribution >= 4 is 23.4 Å². The van der Waals surface area contributed by atoms with Crippen LogP contribution in [0.15, 0.2) is 0 Å².